The highest BCUT2D eigenvalue weighted by molar-refractivity contribution is 7.09. The molecule has 0 bridgehead atoms. The first-order valence-corrected chi connectivity index (χ1v) is 8.95. The van der Waals surface area contributed by atoms with E-state index in [0.717, 1.165) is 16.1 Å². The van der Waals surface area contributed by atoms with Crippen LogP contribution in [0.5, 0.6) is 0 Å². The Morgan fingerprint density at radius 3 is 2.40 bits per heavy atom. The number of carbonyl (C=O) groups excluding carboxylic acids is 1. The summed E-state index contributed by atoms with van der Waals surface area (Å²) in [5.41, 5.74) is 2.66. The molecule has 5 nitrogen and oxygen atoms in total. The second-order valence-corrected chi connectivity index (χ2v) is 6.52. The fraction of sp³-hybridized carbons (Fsp3) is 0.211. The van der Waals surface area contributed by atoms with Gasteiger partial charge in [-0.05, 0) is 23.7 Å². The molecular weight excluding hydrogens is 334 g/mol. The minimum Gasteiger partial charge on any atom is -0.378 e. The van der Waals surface area contributed by atoms with E-state index in [4.69, 9.17) is 4.74 Å². The van der Waals surface area contributed by atoms with Crippen molar-refractivity contribution in [2.24, 2.45) is 0 Å². The molecular formula is C19H17N3O2S. The van der Waals surface area contributed by atoms with Gasteiger partial charge in [-0.25, -0.2) is 4.98 Å². The van der Waals surface area contributed by atoms with Crippen LogP contribution in [-0.4, -0.2) is 46.5 Å². The standard InChI is InChI=1S/C19H17N3O2S/c23-19(22-10-12-24-13-11-22)16-8-6-14(7-9-16)17-20-18(25-21-17)15-4-2-1-3-5-15/h1-9H,10-13H2. The molecule has 126 valence electrons. The predicted octanol–water partition coefficient (Wildman–Crippen LogP) is 3.34. The minimum absolute atomic E-state index is 0.0473. The summed E-state index contributed by atoms with van der Waals surface area (Å²) in [7, 11) is 0. The third-order valence-corrected chi connectivity index (χ3v) is 4.90. The number of hydrogen-bond donors (Lipinski definition) is 0. The van der Waals surface area contributed by atoms with Crippen molar-refractivity contribution in [2.75, 3.05) is 26.3 Å². The first-order chi connectivity index (χ1) is 12.3. The van der Waals surface area contributed by atoms with E-state index in [9.17, 15) is 4.79 Å². The van der Waals surface area contributed by atoms with Gasteiger partial charge in [-0.3, -0.25) is 4.79 Å². The topological polar surface area (TPSA) is 55.3 Å². The monoisotopic (exact) mass is 351 g/mol. The lowest BCUT2D eigenvalue weighted by atomic mass is 10.1. The van der Waals surface area contributed by atoms with Crippen molar-refractivity contribution >= 4 is 17.4 Å². The van der Waals surface area contributed by atoms with Gasteiger partial charge in [0, 0.05) is 29.8 Å². The van der Waals surface area contributed by atoms with E-state index in [2.05, 4.69) is 9.36 Å². The lowest BCUT2D eigenvalue weighted by molar-refractivity contribution is 0.0303. The maximum atomic E-state index is 12.5. The molecule has 1 aromatic heterocycles. The molecule has 2 aromatic carbocycles. The molecule has 1 aliphatic rings. The predicted molar refractivity (Wildman–Crippen MR) is 97.5 cm³/mol. The maximum absolute atomic E-state index is 12.5. The Bertz CT molecular complexity index is 856. The summed E-state index contributed by atoms with van der Waals surface area (Å²) in [6.45, 7) is 2.51. The molecule has 6 heteroatoms. The highest BCUT2D eigenvalue weighted by Crippen LogP contribution is 2.26. The van der Waals surface area contributed by atoms with Crippen molar-refractivity contribution in [3.8, 4) is 22.0 Å². The average Bonchev–Trinajstić information content (AvgIpc) is 3.19. The number of amides is 1. The lowest BCUT2D eigenvalue weighted by Crippen LogP contribution is -2.40. The van der Waals surface area contributed by atoms with Crippen molar-refractivity contribution in [1.29, 1.82) is 0 Å². The van der Waals surface area contributed by atoms with Gasteiger partial charge >= 0.3 is 0 Å². The van der Waals surface area contributed by atoms with E-state index in [1.165, 1.54) is 11.5 Å². The molecule has 1 amide bonds. The first kappa shape index (κ1) is 15.9. The molecule has 0 unspecified atom stereocenters. The van der Waals surface area contributed by atoms with Crippen molar-refractivity contribution in [3.05, 3.63) is 60.2 Å². The number of morpholine rings is 1. The van der Waals surface area contributed by atoms with Gasteiger partial charge in [0.25, 0.3) is 5.91 Å². The van der Waals surface area contributed by atoms with E-state index < -0.39 is 0 Å². The molecule has 4 rings (SSSR count). The Morgan fingerprint density at radius 1 is 0.960 bits per heavy atom. The van der Waals surface area contributed by atoms with Crippen LogP contribution in [0.3, 0.4) is 0 Å². The van der Waals surface area contributed by atoms with E-state index in [0.29, 0.717) is 37.7 Å². The van der Waals surface area contributed by atoms with Crippen LogP contribution in [0.4, 0.5) is 0 Å². The fourth-order valence-corrected chi connectivity index (χ4v) is 3.44. The summed E-state index contributed by atoms with van der Waals surface area (Å²) >= 11 is 1.38. The zero-order valence-electron chi connectivity index (χ0n) is 13.6. The summed E-state index contributed by atoms with van der Waals surface area (Å²) in [5.74, 6) is 0.736. The number of rotatable bonds is 3. The van der Waals surface area contributed by atoms with Gasteiger partial charge in [-0.2, -0.15) is 4.37 Å². The Morgan fingerprint density at radius 2 is 1.68 bits per heavy atom. The van der Waals surface area contributed by atoms with E-state index in [-0.39, 0.29) is 5.91 Å². The Labute approximate surface area is 150 Å². The molecule has 0 spiro atoms. The summed E-state index contributed by atoms with van der Waals surface area (Å²) in [6.07, 6.45) is 0. The second-order valence-electron chi connectivity index (χ2n) is 5.77. The molecule has 3 aromatic rings. The number of hydrogen-bond acceptors (Lipinski definition) is 5. The second kappa shape index (κ2) is 7.13. The molecule has 0 atom stereocenters. The molecule has 1 aliphatic heterocycles. The van der Waals surface area contributed by atoms with E-state index in [1.54, 1.807) is 0 Å². The summed E-state index contributed by atoms with van der Waals surface area (Å²) in [5, 5.41) is 0.893. The SMILES string of the molecule is O=C(c1ccc(-c2nsc(-c3ccccc3)n2)cc1)N1CCOCC1. The average molecular weight is 351 g/mol. The van der Waals surface area contributed by atoms with Crippen LogP contribution in [0.1, 0.15) is 10.4 Å². The van der Waals surface area contributed by atoms with Crippen LogP contribution in [0.25, 0.3) is 22.0 Å². The minimum atomic E-state index is 0.0473. The van der Waals surface area contributed by atoms with Crippen LogP contribution in [-0.2, 0) is 4.74 Å². The molecule has 0 saturated carbocycles. The van der Waals surface area contributed by atoms with Gasteiger partial charge in [0.2, 0.25) is 0 Å². The largest absolute Gasteiger partial charge is 0.378 e. The smallest absolute Gasteiger partial charge is 0.254 e. The maximum Gasteiger partial charge on any atom is 0.254 e. The molecule has 0 N–H and O–H groups in total. The van der Waals surface area contributed by atoms with Crippen LogP contribution >= 0.6 is 11.5 Å². The zero-order chi connectivity index (χ0) is 17.1. The zero-order valence-corrected chi connectivity index (χ0v) is 14.4. The Balaban J connectivity index is 1.52. The van der Waals surface area contributed by atoms with Gasteiger partial charge < -0.3 is 9.64 Å². The fourth-order valence-electron chi connectivity index (χ4n) is 2.75. The lowest BCUT2D eigenvalue weighted by Gasteiger charge is -2.26. The van der Waals surface area contributed by atoms with Gasteiger partial charge in [0.1, 0.15) is 5.01 Å². The number of ether oxygens (including phenoxy) is 1. The summed E-state index contributed by atoms with van der Waals surface area (Å²) in [6, 6.07) is 17.5. The Kier molecular flexibility index (Phi) is 4.54. The third-order valence-electron chi connectivity index (χ3n) is 4.14. The van der Waals surface area contributed by atoms with Crippen molar-refractivity contribution in [3.63, 3.8) is 0 Å². The number of carbonyl (C=O) groups is 1. The van der Waals surface area contributed by atoms with Crippen molar-refractivity contribution in [1.82, 2.24) is 14.3 Å². The van der Waals surface area contributed by atoms with Crippen LogP contribution in [0, 0.1) is 0 Å². The Hall–Kier alpha value is -2.57. The highest BCUT2D eigenvalue weighted by atomic mass is 32.1. The van der Waals surface area contributed by atoms with Crippen LogP contribution < -0.4 is 0 Å². The number of nitrogens with zero attached hydrogens (tertiary/aromatic N) is 3. The highest BCUT2D eigenvalue weighted by Gasteiger charge is 2.18. The van der Waals surface area contributed by atoms with Crippen molar-refractivity contribution in [2.45, 2.75) is 0 Å². The number of aromatic nitrogens is 2. The van der Waals surface area contributed by atoms with Crippen LogP contribution in [0.15, 0.2) is 54.6 Å². The molecule has 0 radical (unpaired) electrons. The van der Waals surface area contributed by atoms with E-state index >= 15 is 0 Å². The normalized spacial score (nSPS) is 14.5. The quantitative estimate of drug-likeness (QED) is 0.726. The summed E-state index contributed by atoms with van der Waals surface area (Å²) < 4.78 is 9.74. The molecule has 1 saturated heterocycles. The van der Waals surface area contributed by atoms with Gasteiger partial charge in [0.15, 0.2) is 5.82 Å². The molecule has 2 heterocycles. The molecule has 0 aliphatic carbocycles. The summed E-state index contributed by atoms with van der Waals surface area (Å²) in [4.78, 5) is 18.9. The van der Waals surface area contributed by atoms with Gasteiger partial charge in [-0.15, -0.1) is 0 Å². The first-order valence-electron chi connectivity index (χ1n) is 8.18. The van der Waals surface area contributed by atoms with Gasteiger partial charge in [-0.1, -0.05) is 42.5 Å². The third kappa shape index (κ3) is 3.45. The van der Waals surface area contributed by atoms with Crippen molar-refractivity contribution < 1.29 is 9.53 Å². The number of benzene rings is 2. The van der Waals surface area contributed by atoms with Crippen LogP contribution in [0.2, 0.25) is 0 Å². The van der Waals surface area contributed by atoms with Gasteiger partial charge in [0.05, 0.1) is 13.2 Å². The molecule has 1 fully saturated rings. The molecule has 25 heavy (non-hydrogen) atoms. The van der Waals surface area contributed by atoms with E-state index in [1.807, 2.05) is 59.5 Å².